The average Bonchev–Trinajstić information content (AvgIpc) is 2.42. The molecule has 0 radical (unpaired) electrons. The van der Waals surface area contributed by atoms with Crippen LogP contribution >= 0.6 is 15.9 Å². The fourth-order valence-corrected chi connectivity index (χ4v) is 2.39. The van der Waals surface area contributed by atoms with Crippen LogP contribution in [0, 0.1) is 12.3 Å². The van der Waals surface area contributed by atoms with Crippen molar-refractivity contribution in [2.24, 2.45) is 5.41 Å². The van der Waals surface area contributed by atoms with Crippen LogP contribution in [0.4, 0.5) is 5.69 Å². The fraction of sp³-hybridized carbons (Fsp3) is 0.385. The summed E-state index contributed by atoms with van der Waals surface area (Å²) in [5, 5.41) is 0. The molecule has 1 aliphatic rings. The topological polar surface area (TPSA) is 37.4 Å². The van der Waals surface area contributed by atoms with Gasteiger partial charge in [-0.2, -0.15) is 0 Å². The monoisotopic (exact) mass is 295 g/mol. The van der Waals surface area contributed by atoms with Crippen LogP contribution in [-0.4, -0.2) is 11.8 Å². The summed E-state index contributed by atoms with van der Waals surface area (Å²) in [6.07, 6.45) is 0.276. The molecular formula is C13H14BrNO2. The zero-order valence-electron chi connectivity index (χ0n) is 10.1. The molecule has 1 heterocycles. The molecule has 0 unspecified atom stereocenters. The summed E-state index contributed by atoms with van der Waals surface area (Å²) in [6, 6.07) is 5.53. The van der Waals surface area contributed by atoms with E-state index in [2.05, 4.69) is 15.9 Å². The molecule has 17 heavy (non-hydrogen) atoms. The van der Waals surface area contributed by atoms with E-state index in [1.807, 2.05) is 19.1 Å². The second kappa shape index (κ2) is 3.95. The first-order chi connectivity index (χ1) is 7.84. The number of hydrogen-bond donors (Lipinski definition) is 0. The summed E-state index contributed by atoms with van der Waals surface area (Å²) in [7, 11) is 0. The SMILES string of the molecule is Cc1c(Br)cccc1N1C(=O)CC(C)(C)C1=O. The third kappa shape index (κ3) is 1.90. The van der Waals surface area contributed by atoms with Crippen LogP contribution in [0.25, 0.3) is 0 Å². The van der Waals surface area contributed by atoms with Crippen molar-refractivity contribution in [1.82, 2.24) is 0 Å². The third-order valence-electron chi connectivity index (χ3n) is 3.10. The largest absolute Gasteiger partial charge is 0.274 e. The van der Waals surface area contributed by atoms with Gasteiger partial charge in [0.25, 0.3) is 0 Å². The Hall–Kier alpha value is -1.16. The van der Waals surface area contributed by atoms with Gasteiger partial charge < -0.3 is 0 Å². The summed E-state index contributed by atoms with van der Waals surface area (Å²) in [4.78, 5) is 25.5. The number of carbonyl (C=O) groups excluding carboxylic acids is 2. The van der Waals surface area contributed by atoms with Gasteiger partial charge in [0.05, 0.1) is 11.1 Å². The van der Waals surface area contributed by atoms with E-state index in [9.17, 15) is 9.59 Å². The second-order valence-corrected chi connectivity index (χ2v) is 5.83. The van der Waals surface area contributed by atoms with E-state index in [4.69, 9.17) is 0 Å². The summed E-state index contributed by atoms with van der Waals surface area (Å²) in [6.45, 7) is 5.51. The molecule has 2 rings (SSSR count). The lowest BCUT2D eigenvalue weighted by molar-refractivity contribution is -0.124. The molecule has 0 aliphatic carbocycles. The number of carbonyl (C=O) groups is 2. The zero-order valence-corrected chi connectivity index (χ0v) is 11.7. The van der Waals surface area contributed by atoms with Gasteiger partial charge in [-0.15, -0.1) is 0 Å². The minimum Gasteiger partial charge on any atom is -0.274 e. The number of halogens is 1. The molecule has 1 saturated heterocycles. The first kappa shape index (κ1) is 12.3. The number of anilines is 1. The number of nitrogens with zero attached hydrogens (tertiary/aromatic N) is 1. The third-order valence-corrected chi connectivity index (χ3v) is 3.96. The molecule has 1 fully saturated rings. The quantitative estimate of drug-likeness (QED) is 0.747. The molecule has 1 aromatic rings. The molecule has 0 aromatic heterocycles. The van der Waals surface area contributed by atoms with Gasteiger partial charge in [-0.05, 0) is 24.6 Å². The number of hydrogen-bond acceptors (Lipinski definition) is 2. The molecule has 0 spiro atoms. The summed E-state index contributed by atoms with van der Waals surface area (Å²) >= 11 is 3.41. The Kier molecular flexibility index (Phi) is 2.86. The lowest BCUT2D eigenvalue weighted by Gasteiger charge is -2.20. The van der Waals surface area contributed by atoms with E-state index >= 15 is 0 Å². The standard InChI is InChI=1S/C13H14BrNO2/c1-8-9(14)5-4-6-10(8)15-11(16)7-13(2,3)12(15)17/h4-6H,7H2,1-3H3. The molecule has 0 bridgehead atoms. The number of benzene rings is 1. The molecule has 4 heteroatoms. The van der Waals surface area contributed by atoms with Gasteiger partial charge in [0.2, 0.25) is 11.8 Å². The first-order valence-electron chi connectivity index (χ1n) is 5.47. The van der Waals surface area contributed by atoms with Crippen molar-refractivity contribution in [2.45, 2.75) is 27.2 Å². The van der Waals surface area contributed by atoms with Crippen molar-refractivity contribution < 1.29 is 9.59 Å². The van der Waals surface area contributed by atoms with Crippen molar-refractivity contribution >= 4 is 33.4 Å². The molecule has 1 aliphatic heterocycles. The van der Waals surface area contributed by atoms with E-state index in [1.165, 1.54) is 4.90 Å². The van der Waals surface area contributed by atoms with Crippen molar-refractivity contribution in [1.29, 1.82) is 0 Å². The molecule has 90 valence electrons. The Morgan fingerprint density at radius 2 is 1.94 bits per heavy atom. The van der Waals surface area contributed by atoms with Crippen LogP contribution in [0.5, 0.6) is 0 Å². The predicted octanol–water partition coefficient (Wildman–Crippen LogP) is 3.05. The van der Waals surface area contributed by atoms with Gasteiger partial charge in [-0.3, -0.25) is 9.59 Å². The highest BCUT2D eigenvalue weighted by Gasteiger charge is 2.45. The highest BCUT2D eigenvalue weighted by Crippen LogP contribution is 2.37. The molecule has 0 atom stereocenters. The first-order valence-corrected chi connectivity index (χ1v) is 6.26. The van der Waals surface area contributed by atoms with Crippen LogP contribution in [0.15, 0.2) is 22.7 Å². The minimum atomic E-state index is -0.591. The lowest BCUT2D eigenvalue weighted by Crippen LogP contribution is -2.33. The normalized spacial score (nSPS) is 18.9. The Balaban J connectivity index is 2.51. The number of amides is 2. The van der Waals surface area contributed by atoms with Gasteiger partial charge in [0, 0.05) is 10.9 Å². The van der Waals surface area contributed by atoms with Gasteiger partial charge in [0.15, 0.2) is 0 Å². The Bertz CT molecular complexity index is 508. The zero-order chi connectivity index (χ0) is 12.8. The average molecular weight is 296 g/mol. The van der Waals surface area contributed by atoms with Crippen LogP contribution in [0.2, 0.25) is 0 Å². The number of imide groups is 1. The van der Waals surface area contributed by atoms with Crippen molar-refractivity contribution in [3.63, 3.8) is 0 Å². The van der Waals surface area contributed by atoms with Crippen LogP contribution in [0.3, 0.4) is 0 Å². The molecule has 0 saturated carbocycles. The van der Waals surface area contributed by atoms with Crippen LogP contribution < -0.4 is 4.90 Å². The van der Waals surface area contributed by atoms with Crippen molar-refractivity contribution in [3.05, 3.63) is 28.2 Å². The Morgan fingerprint density at radius 3 is 2.47 bits per heavy atom. The molecule has 3 nitrogen and oxygen atoms in total. The molecule has 0 N–H and O–H groups in total. The lowest BCUT2D eigenvalue weighted by atomic mass is 9.92. The predicted molar refractivity (Wildman–Crippen MR) is 69.8 cm³/mol. The van der Waals surface area contributed by atoms with E-state index in [1.54, 1.807) is 19.9 Å². The van der Waals surface area contributed by atoms with Gasteiger partial charge in [0.1, 0.15) is 0 Å². The molecule has 1 aromatic carbocycles. The maximum absolute atomic E-state index is 12.2. The maximum Gasteiger partial charge on any atom is 0.239 e. The second-order valence-electron chi connectivity index (χ2n) is 4.98. The molecule has 2 amide bonds. The minimum absolute atomic E-state index is 0.122. The Labute approximate surface area is 109 Å². The molecular weight excluding hydrogens is 282 g/mol. The van der Waals surface area contributed by atoms with E-state index < -0.39 is 5.41 Å². The van der Waals surface area contributed by atoms with Gasteiger partial charge in [-0.25, -0.2) is 4.90 Å². The van der Waals surface area contributed by atoms with Crippen molar-refractivity contribution in [3.8, 4) is 0 Å². The summed E-state index contributed by atoms with van der Waals surface area (Å²) in [5.74, 6) is -0.245. The smallest absolute Gasteiger partial charge is 0.239 e. The van der Waals surface area contributed by atoms with E-state index in [0.29, 0.717) is 5.69 Å². The van der Waals surface area contributed by atoms with Crippen LogP contribution in [0.1, 0.15) is 25.8 Å². The number of rotatable bonds is 1. The highest BCUT2D eigenvalue weighted by atomic mass is 79.9. The summed E-state index contributed by atoms with van der Waals surface area (Å²) in [5.41, 5.74) is 0.998. The fourth-order valence-electron chi connectivity index (χ4n) is 2.03. The van der Waals surface area contributed by atoms with Crippen LogP contribution in [-0.2, 0) is 9.59 Å². The van der Waals surface area contributed by atoms with Crippen molar-refractivity contribution in [2.75, 3.05) is 4.90 Å². The maximum atomic E-state index is 12.2. The van der Waals surface area contributed by atoms with Gasteiger partial charge >= 0.3 is 0 Å². The van der Waals surface area contributed by atoms with Gasteiger partial charge in [-0.1, -0.05) is 35.8 Å². The van der Waals surface area contributed by atoms with E-state index in [-0.39, 0.29) is 18.2 Å². The summed E-state index contributed by atoms with van der Waals surface area (Å²) < 4.78 is 0.903. The van der Waals surface area contributed by atoms with E-state index in [0.717, 1.165) is 10.0 Å². The highest BCUT2D eigenvalue weighted by molar-refractivity contribution is 9.10. The Morgan fingerprint density at radius 1 is 1.29 bits per heavy atom.